The number of carbonyl (C=O) groups is 3. The molecule has 0 aliphatic carbocycles. The van der Waals surface area contributed by atoms with Crippen molar-refractivity contribution < 1.29 is 33.4 Å². The molecule has 1 aliphatic rings. The number of carbonyl (C=O) groups excluding carboxylic acids is 2. The third kappa shape index (κ3) is 5.40. The smallest absolute Gasteiger partial charge is 0.411 e. The third-order valence-corrected chi connectivity index (χ3v) is 5.66. The van der Waals surface area contributed by atoms with Crippen molar-refractivity contribution in [1.29, 1.82) is 0 Å². The first kappa shape index (κ1) is 25.3. The van der Waals surface area contributed by atoms with E-state index in [1.54, 1.807) is 32.9 Å². The Balaban J connectivity index is 2.10. The average molecular weight is 473 g/mol. The van der Waals surface area contributed by atoms with Gasteiger partial charge in [-0.25, -0.2) is 14.6 Å². The fraction of sp³-hybridized carbons (Fsp3) is 0.520. The van der Waals surface area contributed by atoms with Crippen molar-refractivity contribution in [2.75, 3.05) is 0 Å². The minimum absolute atomic E-state index is 0.0386. The lowest BCUT2D eigenvalue weighted by Crippen LogP contribution is -2.56. The van der Waals surface area contributed by atoms with Crippen molar-refractivity contribution in [2.45, 2.75) is 71.2 Å². The Morgan fingerprint density at radius 3 is 2.44 bits per heavy atom. The molecule has 0 radical (unpaired) electrons. The van der Waals surface area contributed by atoms with E-state index < -0.39 is 41.1 Å². The number of hydrogen-bond donors (Lipinski definition) is 1. The molecule has 1 aliphatic heterocycles. The summed E-state index contributed by atoms with van der Waals surface area (Å²) in [5.41, 5.74) is -1.65. The summed E-state index contributed by atoms with van der Waals surface area (Å²) in [6.07, 6.45) is 1.76. The van der Waals surface area contributed by atoms with Crippen LogP contribution in [0.3, 0.4) is 0 Å². The van der Waals surface area contributed by atoms with E-state index in [2.05, 4.69) is 4.98 Å². The Labute approximate surface area is 199 Å². The van der Waals surface area contributed by atoms with Crippen LogP contribution in [0.15, 0.2) is 47.3 Å². The van der Waals surface area contributed by atoms with Gasteiger partial charge in [-0.1, -0.05) is 44.2 Å². The predicted molar refractivity (Wildman–Crippen MR) is 121 cm³/mol. The molecule has 0 bridgehead atoms. The lowest BCUT2D eigenvalue weighted by Gasteiger charge is -2.40. The number of rotatable bonds is 7. The Hall–Kier alpha value is -3.36. The van der Waals surface area contributed by atoms with E-state index in [0.717, 1.165) is 12.0 Å². The molecule has 1 aromatic heterocycles. The van der Waals surface area contributed by atoms with E-state index in [-0.39, 0.29) is 31.1 Å². The van der Waals surface area contributed by atoms with E-state index in [9.17, 15) is 19.5 Å². The third-order valence-electron chi connectivity index (χ3n) is 5.66. The number of carboxylic acids is 1. The first-order chi connectivity index (χ1) is 15.9. The highest BCUT2D eigenvalue weighted by atomic mass is 16.6. The van der Waals surface area contributed by atoms with Gasteiger partial charge in [0.2, 0.25) is 0 Å². The second-order valence-corrected chi connectivity index (χ2v) is 10.0. The predicted octanol–water partition coefficient (Wildman–Crippen LogP) is 4.59. The van der Waals surface area contributed by atoms with E-state index in [1.165, 1.54) is 11.1 Å². The summed E-state index contributed by atoms with van der Waals surface area (Å²) in [5.74, 6) is -2.84. The van der Waals surface area contributed by atoms with Gasteiger partial charge in [-0.2, -0.15) is 0 Å². The molecule has 184 valence electrons. The van der Waals surface area contributed by atoms with Gasteiger partial charge in [-0.3, -0.25) is 9.69 Å². The second kappa shape index (κ2) is 9.87. The number of hydrogen-bond acceptors (Lipinski definition) is 7. The van der Waals surface area contributed by atoms with Crippen molar-refractivity contribution in [3.8, 4) is 0 Å². The molecule has 3 rings (SSSR count). The molecular weight excluding hydrogens is 440 g/mol. The van der Waals surface area contributed by atoms with Crippen LogP contribution in [0.25, 0.3) is 0 Å². The molecule has 34 heavy (non-hydrogen) atoms. The largest absolute Gasteiger partial charge is 0.481 e. The lowest BCUT2D eigenvalue weighted by atomic mass is 9.83. The maximum Gasteiger partial charge on any atom is 0.411 e. The van der Waals surface area contributed by atoms with Crippen LogP contribution < -0.4 is 0 Å². The van der Waals surface area contributed by atoms with Crippen LogP contribution in [0, 0.1) is 11.8 Å². The molecule has 0 unspecified atom stereocenters. The van der Waals surface area contributed by atoms with E-state index in [1.807, 2.05) is 32.0 Å². The van der Waals surface area contributed by atoms with Gasteiger partial charge in [0.05, 0.1) is 12.1 Å². The normalized spacial score (nSPS) is 22.6. The van der Waals surface area contributed by atoms with Crippen LogP contribution in [-0.2, 0) is 25.7 Å². The van der Waals surface area contributed by atoms with E-state index in [4.69, 9.17) is 13.9 Å². The van der Waals surface area contributed by atoms with Crippen LogP contribution in [-0.4, -0.2) is 44.2 Å². The van der Waals surface area contributed by atoms with Crippen LogP contribution in [0.5, 0.6) is 0 Å². The number of esters is 1. The number of benzene rings is 1. The van der Waals surface area contributed by atoms with Crippen molar-refractivity contribution >= 4 is 18.0 Å². The van der Waals surface area contributed by atoms with Gasteiger partial charge in [0.1, 0.15) is 29.5 Å². The number of ether oxygens (including phenoxy) is 2. The molecule has 9 nitrogen and oxygen atoms in total. The van der Waals surface area contributed by atoms with Gasteiger partial charge >= 0.3 is 18.0 Å². The highest BCUT2D eigenvalue weighted by Crippen LogP contribution is 2.51. The summed E-state index contributed by atoms with van der Waals surface area (Å²) >= 11 is 0. The SMILES string of the molecule is CC(C)C[C@]1(C(=O)OC(C)(C)C)C[C@@H](C(=O)O)[C@H](c2cnco2)N1C(=O)OCc1ccccc1. The summed E-state index contributed by atoms with van der Waals surface area (Å²) in [6.45, 7) is 8.94. The zero-order chi connectivity index (χ0) is 25.1. The topological polar surface area (TPSA) is 119 Å². The summed E-state index contributed by atoms with van der Waals surface area (Å²) in [5, 5.41) is 10.1. The molecule has 0 saturated carbocycles. The van der Waals surface area contributed by atoms with Crippen LogP contribution in [0.2, 0.25) is 0 Å². The highest BCUT2D eigenvalue weighted by molar-refractivity contribution is 5.89. The van der Waals surface area contributed by atoms with Crippen LogP contribution >= 0.6 is 0 Å². The zero-order valence-electron chi connectivity index (χ0n) is 20.2. The molecule has 1 amide bonds. The first-order valence-corrected chi connectivity index (χ1v) is 11.3. The van der Waals surface area contributed by atoms with Crippen molar-refractivity contribution in [2.24, 2.45) is 11.8 Å². The zero-order valence-corrected chi connectivity index (χ0v) is 20.2. The Kier molecular flexibility index (Phi) is 7.33. The number of aliphatic carboxylic acids is 1. The number of aromatic nitrogens is 1. The molecule has 1 saturated heterocycles. The van der Waals surface area contributed by atoms with Gasteiger partial charge in [0.15, 0.2) is 6.39 Å². The van der Waals surface area contributed by atoms with Crippen LogP contribution in [0.1, 0.15) is 64.8 Å². The Morgan fingerprint density at radius 1 is 1.24 bits per heavy atom. The number of likely N-dealkylation sites (tertiary alicyclic amines) is 1. The maximum absolute atomic E-state index is 13.7. The molecule has 2 aromatic rings. The minimum Gasteiger partial charge on any atom is -0.481 e. The van der Waals surface area contributed by atoms with Gasteiger partial charge in [0.25, 0.3) is 0 Å². The fourth-order valence-electron chi connectivity index (χ4n) is 4.51. The summed E-state index contributed by atoms with van der Waals surface area (Å²) in [4.78, 5) is 44.7. The van der Waals surface area contributed by atoms with Gasteiger partial charge in [0, 0.05) is 0 Å². The van der Waals surface area contributed by atoms with Crippen molar-refractivity contribution in [3.05, 3.63) is 54.2 Å². The second-order valence-electron chi connectivity index (χ2n) is 10.0. The van der Waals surface area contributed by atoms with Crippen LogP contribution in [0.4, 0.5) is 4.79 Å². The molecular formula is C25H32N2O7. The average Bonchev–Trinajstić information content (AvgIpc) is 3.38. The fourth-order valence-corrected chi connectivity index (χ4v) is 4.51. The Morgan fingerprint density at radius 2 is 1.91 bits per heavy atom. The summed E-state index contributed by atoms with van der Waals surface area (Å²) in [7, 11) is 0. The van der Waals surface area contributed by atoms with Gasteiger partial charge in [-0.05, 0) is 45.1 Å². The maximum atomic E-state index is 13.7. The summed E-state index contributed by atoms with van der Waals surface area (Å²) < 4.78 is 16.8. The first-order valence-electron chi connectivity index (χ1n) is 11.3. The van der Waals surface area contributed by atoms with Gasteiger partial charge < -0.3 is 19.0 Å². The monoisotopic (exact) mass is 472 g/mol. The van der Waals surface area contributed by atoms with Gasteiger partial charge in [-0.15, -0.1) is 0 Å². The molecule has 0 spiro atoms. The van der Waals surface area contributed by atoms with E-state index in [0.29, 0.717) is 0 Å². The Bertz CT molecular complexity index is 998. The number of oxazole rings is 1. The number of nitrogens with zero attached hydrogens (tertiary/aromatic N) is 2. The standard InChI is InChI=1S/C25H32N2O7/c1-16(2)11-25(22(30)34-24(3,4)5)12-18(21(28)29)20(19-13-26-15-33-19)27(25)23(31)32-14-17-9-7-6-8-10-17/h6-10,13,15-16,18,20H,11-12,14H2,1-5H3,(H,28,29)/t18-,20-,25-/m1/s1. The summed E-state index contributed by atoms with van der Waals surface area (Å²) in [6, 6.07) is 8.01. The van der Waals surface area contributed by atoms with Crippen molar-refractivity contribution in [1.82, 2.24) is 9.88 Å². The highest BCUT2D eigenvalue weighted by Gasteiger charge is 2.63. The molecule has 1 N–H and O–H groups in total. The van der Waals surface area contributed by atoms with Crippen molar-refractivity contribution in [3.63, 3.8) is 0 Å². The number of amides is 1. The molecule has 1 fully saturated rings. The number of carboxylic acid groups (broad SMARTS) is 1. The lowest BCUT2D eigenvalue weighted by molar-refractivity contribution is -0.169. The molecule has 3 atom stereocenters. The molecule has 9 heteroatoms. The molecule has 1 aromatic carbocycles. The minimum atomic E-state index is -1.56. The quantitative estimate of drug-likeness (QED) is 0.581. The molecule has 2 heterocycles. The van der Waals surface area contributed by atoms with E-state index >= 15 is 0 Å².